The number of rotatable bonds is 10. The number of carbonyl (C=O) groups is 1. The van der Waals surface area contributed by atoms with Crippen molar-refractivity contribution in [2.45, 2.75) is 71.4 Å². The standard InChI is InChI=1S/C35H56N6O5S/c1-23-28-19-26(35(28,3)4)20-29(23)37-33(44)32-31(24(2)43)30(22-42)46-41(32)21-25-6-5-7-27(18-25)39-10-12-40(13-11-39)34(47)36-8-9-38-14-16-45-17-15-38/h5-7,18,23-24,26,28-32,42-43H,8-17,19-22H2,1-4H3,(H,36,47)(H,37,44)/t23-,24-,26+,28-,29-,30-,31+,32-/m0/s1. The van der Waals surface area contributed by atoms with E-state index >= 15 is 0 Å². The van der Waals surface area contributed by atoms with Crippen LogP contribution in [0.3, 0.4) is 0 Å². The molecule has 0 aromatic heterocycles. The average molecular weight is 673 g/mol. The van der Waals surface area contributed by atoms with E-state index in [1.54, 1.807) is 12.0 Å². The van der Waals surface area contributed by atoms with Crippen molar-refractivity contribution in [3.8, 4) is 0 Å². The summed E-state index contributed by atoms with van der Waals surface area (Å²) in [4.78, 5) is 27.2. The SMILES string of the molecule is C[C@@H]1[C@@H](NC(=O)[C@@H]2[C@H]([C@H](C)O)[C@H](CO)ON2Cc2cccc(N3CCN(C(=S)NCCN4CCOCC4)CC3)c2)C[C@H]2C[C@@H]1C2(C)C. The van der Waals surface area contributed by atoms with E-state index in [9.17, 15) is 15.0 Å². The van der Waals surface area contributed by atoms with Gasteiger partial charge in [-0.15, -0.1) is 0 Å². The third-order valence-electron chi connectivity index (χ3n) is 12.1. The van der Waals surface area contributed by atoms with Gasteiger partial charge in [0.2, 0.25) is 5.91 Å². The predicted octanol–water partition coefficient (Wildman–Crippen LogP) is 1.68. The summed E-state index contributed by atoms with van der Waals surface area (Å²) in [6, 6.07) is 7.80. The lowest BCUT2D eigenvalue weighted by Crippen LogP contribution is -2.62. The number of carbonyl (C=O) groups excluding carboxylic acids is 1. The zero-order valence-corrected chi connectivity index (χ0v) is 29.5. The highest BCUT2D eigenvalue weighted by molar-refractivity contribution is 7.80. The van der Waals surface area contributed by atoms with E-state index in [0.717, 1.165) is 88.4 Å². The quantitative estimate of drug-likeness (QED) is 0.273. The first-order valence-corrected chi connectivity index (χ1v) is 18.2. The Morgan fingerprint density at radius 2 is 1.87 bits per heavy atom. The van der Waals surface area contributed by atoms with Gasteiger partial charge in [-0.25, -0.2) is 0 Å². The van der Waals surface area contributed by atoms with Gasteiger partial charge in [0.25, 0.3) is 0 Å². The number of morpholine rings is 1. The number of nitrogens with one attached hydrogen (secondary N) is 2. The monoisotopic (exact) mass is 672 g/mol. The fraction of sp³-hybridized carbons (Fsp3) is 0.771. The first-order valence-electron chi connectivity index (χ1n) is 17.8. The molecule has 0 unspecified atom stereocenters. The number of benzene rings is 1. The number of hydrogen-bond acceptors (Lipinski definition) is 9. The van der Waals surface area contributed by atoms with E-state index < -0.39 is 24.2 Å². The second kappa shape index (κ2) is 14.8. The van der Waals surface area contributed by atoms with Gasteiger partial charge in [-0.2, -0.15) is 5.06 Å². The highest BCUT2D eigenvalue weighted by Crippen LogP contribution is 2.61. The molecule has 2 bridgehead atoms. The third-order valence-corrected chi connectivity index (χ3v) is 12.5. The van der Waals surface area contributed by atoms with Crippen molar-refractivity contribution in [3.63, 3.8) is 0 Å². The Kier molecular flexibility index (Phi) is 11.0. The zero-order valence-electron chi connectivity index (χ0n) is 28.6. The summed E-state index contributed by atoms with van der Waals surface area (Å²) in [6.45, 7) is 17.6. The second-order valence-corrected chi connectivity index (χ2v) is 15.5. The van der Waals surface area contributed by atoms with Gasteiger partial charge >= 0.3 is 0 Å². The molecule has 3 heterocycles. The smallest absolute Gasteiger partial charge is 0.240 e. The number of nitrogens with zero attached hydrogens (tertiary/aromatic N) is 4. The minimum absolute atomic E-state index is 0.110. The molecule has 4 N–H and O–H groups in total. The molecule has 6 aliphatic rings. The predicted molar refractivity (Wildman–Crippen MR) is 186 cm³/mol. The highest BCUT2D eigenvalue weighted by Gasteiger charge is 2.57. The molecule has 3 saturated heterocycles. The number of thiocarbonyl (C=S) groups is 1. The van der Waals surface area contributed by atoms with Crippen LogP contribution in [0.2, 0.25) is 0 Å². The lowest BCUT2D eigenvalue weighted by atomic mass is 9.45. The molecule has 12 heteroatoms. The maximum Gasteiger partial charge on any atom is 0.240 e. The largest absolute Gasteiger partial charge is 0.394 e. The molecule has 47 heavy (non-hydrogen) atoms. The highest BCUT2D eigenvalue weighted by atomic mass is 32.1. The fourth-order valence-electron chi connectivity index (χ4n) is 8.94. The summed E-state index contributed by atoms with van der Waals surface area (Å²) in [6.07, 6.45) is 0.764. The van der Waals surface area contributed by atoms with E-state index in [2.05, 4.69) is 58.2 Å². The number of hydrogen-bond donors (Lipinski definition) is 4. The Balaban J connectivity index is 1.05. The zero-order chi connectivity index (χ0) is 33.3. The van der Waals surface area contributed by atoms with Crippen molar-refractivity contribution in [3.05, 3.63) is 29.8 Å². The summed E-state index contributed by atoms with van der Waals surface area (Å²) in [5, 5.41) is 30.3. The van der Waals surface area contributed by atoms with Crippen LogP contribution in [0.15, 0.2) is 24.3 Å². The Labute approximate surface area is 285 Å². The van der Waals surface area contributed by atoms with E-state index in [1.165, 1.54) is 6.42 Å². The Bertz CT molecular complexity index is 1240. The van der Waals surface area contributed by atoms with Gasteiger partial charge in [-0.3, -0.25) is 14.5 Å². The number of aliphatic hydroxyl groups excluding tert-OH is 2. The minimum atomic E-state index is -0.813. The molecule has 262 valence electrons. The van der Waals surface area contributed by atoms with Crippen molar-refractivity contribution < 1.29 is 24.6 Å². The number of anilines is 1. The second-order valence-electron chi connectivity index (χ2n) is 15.1. The summed E-state index contributed by atoms with van der Waals surface area (Å²) < 4.78 is 5.44. The van der Waals surface area contributed by atoms with Crippen LogP contribution in [0.5, 0.6) is 0 Å². The number of aliphatic hydroxyl groups is 2. The molecule has 0 spiro atoms. The van der Waals surface area contributed by atoms with Crippen LogP contribution in [0.4, 0.5) is 5.69 Å². The molecule has 3 aliphatic heterocycles. The molecular weight excluding hydrogens is 616 g/mol. The van der Waals surface area contributed by atoms with Crippen LogP contribution in [0, 0.1) is 29.1 Å². The van der Waals surface area contributed by atoms with Crippen LogP contribution < -0.4 is 15.5 Å². The van der Waals surface area contributed by atoms with Gasteiger partial charge in [0.15, 0.2) is 5.11 Å². The van der Waals surface area contributed by atoms with Crippen LogP contribution in [0.1, 0.15) is 46.1 Å². The van der Waals surface area contributed by atoms with Gasteiger partial charge < -0.3 is 35.4 Å². The molecule has 7 rings (SSSR count). The minimum Gasteiger partial charge on any atom is -0.394 e. The summed E-state index contributed by atoms with van der Waals surface area (Å²) in [7, 11) is 0. The Morgan fingerprint density at radius 1 is 1.13 bits per heavy atom. The number of amides is 1. The molecule has 3 aliphatic carbocycles. The third kappa shape index (κ3) is 7.44. The van der Waals surface area contributed by atoms with Crippen molar-refractivity contribution in [1.82, 2.24) is 25.5 Å². The molecule has 11 nitrogen and oxygen atoms in total. The molecule has 1 amide bonds. The first kappa shape index (κ1) is 34.8. The number of piperazine rings is 1. The topological polar surface area (TPSA) is 113 Å². The maximum absolute atomic E-state index is 14.0. The number of hydroxylamine groups is 2. The molecule has 8 atom stereocenters. The van der Waals surface area contributed by atoms with E-state index in [1.807, 2.05) is 12.1 Å². The van der Waals surface area contributed by atoms with E-state index in [4.69, 9.17) is 21.8 Å². The number of ether oxygens (including phenoxy) is 1. The Morgan fingerprint density at radius 3 is 2.53 bits per heavy atom. The van der Waals surface area contributed by atoms with Crippen molar-refractivity contribution >= 4 is 28.9 Å². The summed E-state index contributed by atoms with van der Waals surface area (Å²) in [5.41, 5.74) is 2.47. The normalized spacial score (nSPS) is 33.3. The van der Waals surface area contributed by atoms with Crippen LogP contribution >= 0.6 is 12.2 Å². The average Bonchev–Trinajstić information content (AvgIpc) is 3.44. The van der Waals surface area contributed by atoms with Gasteiger partial charge in [0.1, 0.15) is 12.1 Å². The lowest BCUT2D eigenvalue weighted by Gasteiger charge is -2.62. The van der Waals surface area contributed by atoms with E-state index in [-0.39, 0.29) is 18.6 Å². The van der Waals surface area contributed by atoms with Gasteiger partial charge in [-0.1, -0.05) is 32.9 Å². The summed E-state index contributed by atoms with van der Waals surface area (Å²) in [5.74, 6) is 0.972. The van der Waals surface area contributed by atoms with Crippen molar-refractivity contribution in [2.24, 2.45) is 29.1 Å². The molecule has 1 aromatic carbocycles. The van der Waals surface area contributed by atoms with Gasteiger partial charge in [0, 0.05) is 70.0 Å². The van der Waals surface area contributed by atoms with Crippen LogP contribution in [0.25, 0.3) is 0 Å². The molecule has 1 aromatic rings. The summed E-state index contributed by atoms with van der Waals surface area (Å²) >= 11 is 5.72. The molecule has 6 fully saturated rings. The first-order chi connectivity index (χ1) is 22.6. The van der Waals surface area contributed by atoms with Gasteiger partial charge in [-0.05, 0) is 72.8 Å². The maximum atomic E-state index is 14.0. The molecule has 3 saturated carbocycles. The molecular formula is C35H56N6O5S. The Hall–Kier alpha value is -2.06. The number of fused-ring (bicyclic) bond motifs is 2. The van der Waals surface area contributed by atoms with Crippen LogP contribution in [-0.4, -0.2) is 133 Å². The van der Waals surface area contributed by atoms with Gasteiger partial charge in [0.05, 0.1) is 32.5 Å². The van der Waals surface area contributed by atoms with Crippen molar-refractivity contribution in [2.75, 3.05) is 77.1 Å². The lowest BCUT2D eigenvalue weighted by molar-refractivity contribution is -0.183. The fourth-order valence-corrected chi connectivity index (χ4v) is 9.23. The van der Waals surface area contributed by atoms with Crippen molar-refractivity contribution in [1.29, 1.82) is 0 Å². The molecule has 0 radical (unpaired) electrons. The van der Waals surface area contributed by atoms with E-state index in [0.29, 0.717) is 29.7 Å². The van der Waals surface area contributed by atoms with Crippen LogP contribution in [-0.2, 0) is 20.9 Å².